The lowest BCUT2D eigenvalue weighted by molar-refractivity contribution is -0.116. The van der Waals surface area contributed by atoms with Crippen LogP contribution in [0.3, 0.4) is 0 Å². The van der Waals surface area contributed by atoms with Gasteiger partial charge in [-0.25, -0.2) is 4.68 Å². The maximum atomic E-state index is 12.3. The van der Waals surface area contributed by atoms with Crippen molar-refractivity contribution in [2.75, 3.05) is 23.3 Å². The zero-order valence-electron chi connectivity index (χ0n) is 17.7. The summed E-state index contributed by atoms with van der Waals surface area (Å²) in [6.45, 7) is 5.86. The standard InChI is InChI=1S/C22H23Cl2N5O3/c1-3-28(4-2)18-7-5-15(13-30)21(10-18)32-14-17-11-29(27-26-17)12-22(31)25-20-8-6-16(23)9-19(20)24/h5-11,13H,3-4,12,14H2,1-2H3,(H,25,31). The lowest BCUT2D eigenvalue weighted by Crippen LogP contribution is -2.21. The molecule has 0 fully saturated rings. The van der Waals surface area contributed by atoms with E-state index in [4.69, 9.17) is 27.9 Å². The van der Waals surface area contributed by atoms with Crippen molar-refractivity contribution < 1.29 is 14.3 Å². The molecule has 0 aliphatic heterocycles. The third kappa shape index (κ3) is 5.99. The van der Waals surface area contributed by atoms with Crippen molar-refractivity contribution >= 4 is 46.8 Å². The summed E-state index contributed by atoms with van der Waals surface area (Å²) in [6.07, 6.45) is 2.36. The zero-order chi connectivity index (χ0) is 23.1. The maximum absolute atomic E-state index is 12.3. The topological polar surface area (TPSA) is 89.4 Å². The Kier molecular flexibility index (Phi) is 8.08. The molecule has 0 saturated heterocycles. The first kappa shape index (κ1) is 23.6. The fraction of sp³-hybridized carbons (Fsp3) is 0.273. The van der Waals surface area contributed by atoms with Gasteiger partial charge in [-0.2, -0.15) is 0 Å². The Morgan fingerprint density at radius 2 is 1.97 bits per heavy atom. The average Bonchev–Trinajstić information content (AvgIpc) is 3.22. The molecule has 0 atom stereocenters. The molecule has 3 rings (SSSR count). The van der Waals surface area contributed by atoms with Gasteiger partial charge in [0.25, 0.3) is 0 Å². The first-order valence-electron chi connectivity index (χ1n) is 10.0. The van der Waals surface area contributed by atoms with E-state index in [1.807, 2.05) is 12.1 Å². The Hall–Kier alpha value is -3.10. The van der Waals surface area contributed by atoms with Crippen LogP contribution in [0.1, 0.15) is 29.9 Å². The Morgan fingerprint density at radius 3 is 2.66 bits per heavy atom. The number of nitrogens with zero attached hydrogens (tertiary/aromatic N) is 4. The molecule has 1 heterocycles. The van der Waals surface area contributed by atoms with E-state index in [1.165, 1.54) is 4.68 Å². The van der Waals surface area contributed by atoms with Crippen LogP contribution in [-0.4, -0.2) is 40.3 Å². The van der Waals surface area contributed by atoms with Crippen LogP contribution in [-0.2, 0) is 17.9 Å². The fourth-order valence-corrected chi connectivity index (χ4v) is 3.55. The molecule has 2 aromatic carbocycles. The highest BCUT2D eigenvalue weighted by Gasteiger charge is 2.12. The molecular weight excluding hydrogens is 453 g/mol. The number of carbonyl (C=O) groups excluding carboxylic acids is 2. The van der Waals surface area contributed by atoms with Gasteiger partial charge >= 0.3 is 0 Å². The molecule has 0 radical (unpaired) electrons. The van der Waals surface area contributed by atoms with Crippen molar-refractivity contribution in [2.45, 2.75) is 27.0 Å². The Bertz CT molecular complexity index is 1100. The third-order valence-electron chi connectivity index (χ3n) is 4.73. The summed E-state index contributed by atoms with van der Waals surface area (Å²) in [4.78, 5) is 25.8. The number of anilines is 2. The van der Waals surface area contributed by atoms with Gasteiger partial charge < -0.3 is 15.0 Å². The van der Waals surface area contributed by atoms with Crippen LogP contribution >= 0.6 is 23.2 Å². The van der Waals surface area contributed by atoms with E-state index in [-0.39, 0.29) is 19.1 Å². The molecule has 0 unspecified atom stereocenters. The van der Waals surface area contributed by atoms with E-state index in [0.29, 0.717) is 32.7 Å². The van der Waals surface area contributed by atoms with Crippen molar-refractivity contribution in [3.05, 3.63) is 63.9 Å². The summed E-state index contributed by atoms with van der Waals surface area (Å²) < 4.78 is 7.22. The van der Waals surface area contributed by atoms with Gasteiger partial charge in [-0.3, -0.25) is 9.59 Å². The van der Waals surface area contributed by atoms with Gasteiger partial charge in [0.05, 0.1) is 22.5 Å². The Labute approximate surface area is 196 Å². The number of carbonyl (C=O) groups is 2. The van der Waals surface area contributed by atoms with Gasteiger partial charge in [0.1, 0.15) is 24.6 Å². The summed E-state index contributed by atoms with van der Waals surface area (Å²) in [5.41, 5.74) is 2.40. The first-order chi connectivity index (χ1) is 15.4. The molecule has 8 nitrogen and oxygen atoms in total. The summed E-state index contributed by atoms with van der Waals surface area (Å²) in [5, 5.41) is 11.5. The fourth-order valence-electron chi connectivity index (χ4n) is 3.09. The minimum Gasteiger partial charge on any atom is -0.486 e. The van der Waals surface area contributed by atoms with Crippen molar-refractivity contribution in [1.29, 1.82) is 0 Å². The van der Waals surface area contributed by atoms with Crippen molar-refractivity contribution in [1.82, 2.24) is 15.0 Å². The van der Waals surface area contributed by atoms with Gasteiger partial charge in [-0.05, 0) is 44.2 Å². The molecule has 3 aromatic rings. The highest BCUT2D eigenvalue weighted by Crippen LogP contribution is 2.26. The highest BCUT2D eigenvalue weighted by atomic mass is 35.5. The summed E-state index contributed by atoms with van der Waals surface area (Å²) in [7, 11) is 0. The number of nitrogens with one attached hydrogen (secondary N) is 1. The molecule has 32 heavy (non-hydrogen) atoms. The van der Waals surface area contributed by atoms with E-state index in [1.54, 1.807) is 30.5 Å². The average molecular weight is 476 g/mol. The van der Waals surface area contributed by atoms with Crippen LogP contribution in [0.5, 0.6) is 5.75 Å². The number of aldehydes is 1. The smallest absolute Gasteiger partial charge is 0.246 e. The number of amides is 1. The number of benzene rings is 2. The number of ether oxygens (including phenoxy) is 1. The maximum Gasteiger partial charge on any atom is 0.246 e. The molecule has 1 aromatic heterocycles. The predicted octanol–water partition coefficient (Wildman–Crippen LogP) is 4.46. The zero-order valence-corrected chi connectivity index (χ0v) is 19.2. The molecule has 0 aliphatic carbocycles. The SMILES string of the molecule is CCN(CC)c1ccc(C=O)c(OCc2cn(CC(=O)Nc3ccc(Cl)cc3Cl)nn2)c1. The van der Waals surface area contributed by atoms with Crippen LogP contribution < -0.4 is 15.0 Å². The van der Waals surface area contributed by atoms with Gasteiger partial charge in [0.15, 0.2) is 6.29 Å². The Balaban J connectivity index is 1.62. The van der Waals surface area contributed by atoms with E-state index >= 15 is 0 Å². The normalized spacial score (nSPS) is 10.6. The van der Waals surface area contributed by atoms with Crippen molar-refractivity contribution in [2.24, 2.45) is 0 Å². The number of hydrogen-bond acceptors (Lipinski definition) is 6. The van der Waals surface area contributed by atoms with Crippen LogP contribution in [0, 0.1) is 0 Å². The molecule has 0 saturated carbocycles. The second kappa shape index (κ2) is 11.0. The lowest BCUT2D eigenvalue weighted by Gasteiger charge is -2.22. The number of aromatic nitrogens is 3. The summed E-state index contributed by atoms with van der Waals surface area (Å²) >= 11 is 11.9. The summed E-state index contributed by atoms with van der Waals surface area (Å²) in [5.74, 6) is 0.149. The van der Waals surface area contributed by atoms with Gasteiger partial charge in [0.2, 0.25) is 5.91 Å². The second-order valence-corrected chi connectivity index (χ2v) is 7.72. The molecule has 1 amide bonds. The quantitative estimate of drug-likeness (QED) is 0.435. The molecular formula is C22H23Cl2N5O3. The van der Waals surface area contributed by atoms with Crippen molar-refractivity contribution in [3.63, 3.8) is 0 Å². The monoisotopic (exact) mass is 475 g/mol. The van der Waals surface area contributed by atoms with E-state index in [0.717, 1.165) is 25.1 Å². The second-order valence-electron chi connectivity index (χ2n) is 6.88. The van der Waals surface area contributed by atoms with Crippen LogP contribution in [0.15, 0.2) is 42.6 Å². The lowest BCUT2D eigenvalue weighted by atomic mass is 10.2. The molecule has 168 valence electrons. The highest BCUT2D eigenvalue weighted by molar-refractivity contribution is 6.36. The number of halogens is 2. The van der Waals surface area contributed by atoms with Crippen molar-refractivity contribution in [3.8, 4) is 5.75 Å². The van der Waals surface area contributed by atoms with E-state index in [9.17, 15) is 9.59 Å². The number of rotatable bonds is 10. The minimum atomic E-state index is -0.318. The van der Waals surface area contributed by atoms with E-state index in [2.05, 4.69) is 34.4 Å². The minimum absolute atomic E-state index is 0.0526. The molecule has 0 bridgehead atoms. The van der Waals surface area contributed by atoms with Crippen LogP contribution in [0.25, 0.3) is 0 Å². The molecule has 0 aliphatic rings. The molecule has 10 heteroatoms. The van der Waals surface area contributed by atoms with Gasteiger partial charge in [0, 0.05) is 29.9 Å². The van der Waals surface area contributed by atoms with E-state index < -0.39 is 0 Å². The van der Waals surface area contributed by atoms with Gasteiger partial charge in [-0.1, -0.05) is 28.4 Å². The van der Waals surface area contributed by atoms with Crippen LogP contribution in [0.2, 0.25) is 10.0 Å². The molecule has 0 spiro atoms. The predicted molar refractivity (Wildman–Crippen MR) is 125 cm³/mol. The first-order valence-corrected chi connectivity index (χ1v) is 10.8. The molecule has 1 N–H and O–H groups in total. The van der Waals surface area contributed by atoms with Gasteiger partial charge in [-0.15, -0.1) is 5.10 Å². The number of hydrogen-bond donors (Lipinski definition) is 1. The summed E-state index contributed by atoms with van der Waals surface area (Å²) in [6, 6.07) is 10.3. The third-order valence-corrected chi connectivity index (χ3v) is 5.27. The Morgan fingerprint density at radius 1 is 1.19 bits per heavy atom. The largest absolute Gasteiger partial charge is 0.486 e. The van der Waals surface area contributed by atoms with Crippen LogP contribution in [0.4, 0.5) is 11.4 Å².